The summed E-state index contributed by atoms with van der Waals surface area (Å²) in [5, 5.41) is 12.1. The van der Waals surface area contributed by atoms with E-state index in [4.69, 9.17) is 10.8 Å². The van der Waals surface area contributed by atoms with Crippen LogP contribution in [0.15, 0.2) is 36.7 Å². The van der Waals surface area contributed by atoms with E-state index in [0.29, 0.717) is 12.2 Å². The Hall–Kier alpha value is -2.56. The van der Waals surface area contributed by atoms with Gasteiger partial charge in [0.15, 0.2) is 0 Å². The minimum atomic E-state index is -1.03. The van der Waals surface area contributed by atoms with Crippen LogP contribution in [0, 0.1) is 6.92 Å². The van der Waals surface area contributed by atoms with Gasteiger partial charge in [0.05, 0.1) is 16.9 Å². The van der Waals surface area contributed by atoms with E-state index < -0.39 is 5.97 Å². The predicted molar refractivity (Wildman–Crippen MR) is 74.1 cm³/mol. The Kier molecular flexibility index (Phi) is 3.66. The summed E-state index contributed by atoms with van der Waals surface area (Å²) in [6.07, 6.45) is 3.51. The molecule has 1 aromatic heterocycles. The fourth-order valence-electron chi connectivity index (χ4n) is 1.78. The van der Waals surface area contributed by atoms with E-state index in [1.807, 2.05) is 13.0 Å². The van der Waals surface area contributed by atoms with E-state index in [1.54, 1.807) is 24.5 Å². The average Bonchev–Trinajstić information content (AvgIpc) is 2.39. The molecule has 0 bridgehead atoms. The first kappa shape index (κ1) is 12.9. The maximum Gasteiger partial charge on any atom is 0.337 e. The molecule has 0 amide bonds. The second kappa shape index (κ2) is 5.39. The lowest BCUT2D eigenvalue weighted by molar-refractivity contribution is 0.0698. The van der Waals surface area contributed by atoms with Crippen molar-refractivity contribution < 1.29 is 9.90 Å². The zero-order valence-electron chi connectivity index (χ0n) is 10.6. The first-order valence-electron chi connectivity index (χ1n) is 5.84. The molecule has 0 atom stereocenters. The first-order chi connectivity index (χ1) is 9.09. The van der Waals surface area contributed by atoms with E-state index >= 15 is 0 Å². The van der Waals surface area contributed by atoms with Gasteiger partial charge in [0.1, 0.15) is 0 Å². The Morgan fingerprint density at radius 3 is 2.89 bits per heavy atom. The zero-order chi connectivity index (χ0) is 13.8. The molecule has 1 heterocycles. The maximum atomic E-state index is 11.0. The normalized spacial score (nSPS) is 10.2. The summed E-state index contributed by atoms with van der Waals surface area (Å²) in [6, 6.07) is 6.83. The molecule has 0 radical (unpaired) electrons. The molecule has 5 heteroatoms. The molecule has 98 valence electrons. The Morgan fingerprint density at radius 2 is 2.21 bits per heavy atom. The number of pyridine rings is 1. The highest BCUT2D eigenvalue weighted by molar-refractivity contribution is 5.97. The van der Waals surface area contributed by atoms with Crippen LogP contribution in [0.25, 0.3) is 0 Å². The van der Waals surface area contributed by atoms with Gasteiger partial charge in [0.25, 0.3) is 0 Å². The van der Waals surface area contributed by atoms with Gasteiger partial charge in [-0.25, -0.2) is 4.79 Å². The van der Waals surface area contributed by atoms with Crippen molar-refractivity contribution in [2.45, 2.75) is 13.5 Å². The van der Waals surface area contributed by atoms with Gasteiger partial charge in [-0.05, 0) is 36.2 Å². The molecule has 2 rings (SSSR count). The molecular weight excluding hydrogens is 242 g/mol. The molecule has 19 heavy (non-hydrogen) atoms. The molecule has 5 nitrogen and oxygen atoms in total. The number of carboxylic acids is 1. The smallest absolute Gasteiger partial charge is 0.337 e. The number of anilines is 2. The SMILES string of the molecule is Cc1ccncc1CNc1cccc(C(=O)O)c1N. The average molecular weight is 257 g/mol. The molecule has 2 aromatic rings. The molecule has 4 N–H and O–H groups in total. The van der Waals surface area contributed by atoms with Crippen molar-refractivity contribution in [3.8, 4) is 0 Å². The molecule has 0 spiro atoms. The van der Waals surface area contributed by atoms with Gasteiger partial charge >= 0.3 is 5.97 Å². The maximum absolute atomic E-state index is 11.0. The summed E-state index contributed by atoms with van der Waals surface area (Å²) in [6.45, 7) is 2.54. The number of benzene rings is 1. The number of nitrogens with zero attached hydrogens (tertiary/aromatic N) is 1. The highest BCUT2D eigenvalue weighted by atomic mass is 16.4. The van der Waals surface area contributed by atoms with Crippen LogP contribution < -0.4 is 11.1 Å². The summed E-state index contributed by atoms with van der Waals surface area (Å²) in [5.41, 5.74) is 8.96. The summed E-state index contributed by atoms with van der Waals surface area (Å²) in [7, 11) is 0. The molecule has 0 fully saturated rings. The number of rotatable bonds is 4. The Bertz CT molecular complexity index is 611. The molecule has 0 saturated carbocycles. The standard InChI is InChI=1S/C14H15N3O2/c1-9-5-6-16-7-10(9)8-17-12-4-2-3-11(13(12)15)14(18)19/h2-7,17H,8,15H2,1H3,(H,18,19). The summed E-state index contributed by atoms with van der Waals surface area (Å²) < 4.78 is 0. The van der Waals surface area contributed by atoms with Crippen LogP contribution in [0.1, 0.15) is 21.5 Å². The van der Waals surface area contributed by atoms with E-state index in [0.717, 1.165) is 11.1 Å². The Balaban J connectivity index is 2.19. The number of hydrogen-bond donors (Lipinski definition) is 3. The lowest BCUT2D eigenvalue weighted by Crippen LogP contribution is -2.08. The minimum Gasteiger partial charge on any atom is -0.478 e. The number of nitrogens with one attached hydrogen (secondary N) is 1. The number of hydrogen-bond acceptors (Lipinski definition) is 4. The third-order valence-electron chi connectivity index (χ3n) is 2.95. The zero-order valence-corrected chi connectivity index (χ0v) is 10.6. The van der Waals surface area contributed by atoms with Crippen LogP contribution >= 0.6 is 0 Å². The third-order valence-corrected chi connectivity index (χ3v) is 2.95. The molecule has 1 aromatic carbocycles. The third kappa shape index (κ3) is 2.82. The van der Waals surface area contributed by atoms with Crippen LogP contribution in [0.3, 0.4) is 0 Å². The summed E-state index contributed by atoms with van der Waals surface area (Å²) in [5.74, 6) is -1.03. The molecular formula is C14H15N3O2. The number of nitrogens with two attached hydrogens (primary N) is 1. The molecule has 0 unspecified atom stereocenters. The van der Waals surface area contributed by atoms with E-state index in [9.17, 15) is 4.79 Å². The number of aromatic carboxylic acids is 1. The van der Waals surface area contributed by atoms with Gasteiger partial charge in [-0.2, -0.15) is 0 Å². The van der Waals surface area contributed by atoms with Gasteiger partial charge < -0.3 is 16.2 Å². The van der Waals surface area contributed by atoms with Crippen molar-refractivity contribution in [1.82, 2.24) is 4.98 Å². The van der Waals surface area contributed by atoms with Gasteiger partial charge in [-0.15, -0.1) is 0 Å². The number of carboxylic acid groups (broad SMARTS) is 1. The summed E-state index contributed by atoms with van der Waals surface area (Å²) in [4.78, 5) is 15.0. The van der Waals surface area contributed by atoms with Crippen molar-refractivity contribution in [1.29, 1.82) is 0 Å². The van der Waals surface area contributed by atoms with Gasteiger partial charge in [0.2, 0.25) is 0 Å². The monoisotopic (exact) mass is 257 g/mol. The van der Waals surface area contributed by atoms with Crippen molar-refractivity contribution in [3.05, 3.63) is 53.3 Å². The van der Waals surface area contributed by atoms with Gasteiger partial charge in [-0.3, -0.25) is 4.98 Å². The largest absolute Gasteiger partial charge is 0.478 e. The number of aromatic nitrogens is 1. The van der Waals surface area contributed by atoms with E-state index in [-0.39, 0.29) is 11.3 Å². The fraction of sp³-hybridized carbons (Fsp3) is 0.143. The van der Waals surface area contributed by atoms with Crippen LogP contribution in [0.4, 0.5) is 11.4 Å². The molecule has 0 aliphatic carbocycles. The highest BCUT2D eigenvalue weighted by Gasteiger charge is 2.10. The topological polar surface area (TPSA) is 88.2 Å². The quantitative estimate of drug-likeness (QED) is 0.731. The number of para-hydroxylation sites is 1. The Labute approximate surface area is 111 Å². The minimum absolute atomic E-state index is 0.105. The van der Waals surface area contributed by atoms with E-state index in [2.05, 4.69) is 10.3 Å². The van der Waals surface area contributed by atoms with Crippen molar-refractivity contribution in [2.75, 3.05) is 11.1 Å². The number of aryl methyl sites for hydroxylation is 1. The molecule has 0 aliphatic rings. The van der Waals surface area contributed by atoms with Crippen LogP contribution in [-0.4, -0.2) is 16.1 Å². The highest BCUT2D eigenvalue weighted by Crippen LogP contribution is 2.23. The van der Waals surface area contributed by atoms with Crippen LogP contribution in [0.5, 0.6) is 0 Å². The second-order valence-electron chi connectivity index (χ2n) is 4.23. The van der Waals surface area contributed by atoms with Gasteiger partial charge in [0, 0.05) is 18.9 Å². The molecule has 0 aliphatic heterocycles. The number of nitrogen functional groups attached to an aromatic ring is 1. The first-order valence-corrected chi connectivity index (χ1v) is 5.84. The predicted octanol–water partition coefficient (Wildman–Crippen LogP) is 2.28. The number of carbonyl (C=O) groups is 1. The molecule has 0 saturated heterocycles. The van der Waals surface area contributed by atoms with Gasteiger partial charge in [-0.1, -0.05) is 6.07 Å². The second-order valence-corrected chi connectivity index (χ2v) is 4.23. The fourth-order valence-corrected chi connectivity index (χ4v) is 1.78. The summed E-state index contributed by atoms with van der Waals surface area (Å²) >= 11 is 0. The lowest BCUT2D eigenvalue weighted by Gasteiger charge is -2.12. The lowest BCUT2D eigenvalue weighted by atomic mass is 10.1. The van der Waals surface area contributed by atoms with Crippen molar-refractivity contribution in [3.63, 3.8) is 0 Å². The van der Waals surface area contributed by atoms with Crippen molar-refractivity contribution >= 4 is 17.3 Å². The van der Waals surface area contributed by atoms with Crippen LogP contribution in [0.2, 0.25) is 0 Å². The Morgan fingerprint density at radius 1 is 1.42 bits per heavy atom. The van der Waals surface area contributed by atoms with Crippen LogP contribution in [-0.2, 0) is 6.54 Å². The van der Waals surface area contributed by atoms with E-state index in [1.165, 1.54) is 6.07 Å². The van der Waals surface area contributed by atoms with Crippen molar-refractivity contribution in [2.24, 2.45) is 0 Å².